The van der Waals surface area contributed by atoms with E-state index in [0.29, 0.717) is 11.5 Å². The zero-order valence-electron chi connectivity index (χ0n) is 17.0. The first-order valence-corrected chi connectivity index (χ1v) is 10.5. The SMILES string of the molecule is COc1cc(C(=O)NC(CN2CCCC2)c2ccccc2)ccc1C1CNNC1. The van der Waals surface area contributed by atoms with Gasteiger partial charge >= 0.3 is 0 Å². The number of likely N-dealkylation sites (tertiary alicyclic amines) is 1. The van der Waals surface area contributed by atoms with Crippen molar-refractivity contribution in [3.63, 3.8) is 0 Å². The van der Waals surface area contributed by atoms with Crippen molar-refractivity contribution < 1.29 is 9.53 Å². The van der Waals surface area contributed by atoms with Gasteiger partial charge in [0.15, 0.2) is 0 Å². The molecule has 6 nitrogen and oxygen atoms in total. The van der Waals surface area contributed by atoms with E-state index in [-0.39, 0.29) is 11.9 Å². The minimum atomic E-state index is -0.0643. The molecule has 0 aliphatic carbocycles. The van der Waals surface area contributed by atoms with Crippen molar-refractivity contribution in [2.45, 2.75) is 24.8 Å². The predicted molar refractivity (Wildman–Crippen MR) is 114 cm³/mol. The Hall–Kier alpha value is -2.41. The van der Waals surface area contributed by atoms with Crippen LogP contribution in [0.5, 0.6) is 5.75 Å². The van der Waals surface area contributed by atoms with Crippen LogP contribution in [0, 0.1) is 0 Å². The molecular weight excluding hydrogens is 364 g/mol. The van der Waals surface area contributed by atoms with Gasteiger partial charge in [0, 0.05) is 31.1 Å². The van der Waals surface area contributed by atoms with Crippen molar-refractivity contribution in [1.29, 1.82) is 0 Å². The summed E-state index contributed by atoms with van der Waals surface area (Å²) in [6, 6.07) is 16.0. The van der Waals surface area contributed by atoms with Gasteiger partial charge < -0.3 is 15.0 Å². The number of methoxy groups -OCH3 is 1. The molecule has 29 heavy (non-hydrogen) atoms. The smallest absolute Gasteiger partial charge is 0.251 e. The molecule has 154 valence electrons. The first-order chi connectivity index (χ1) is 14.2. The van der Waals surface area contributed by atoms with E-state index in [1.165, 1.54) is 12.8 Å². The maximum atomic E-state index is 13.1. The van der Waals surface area contributed by atoms with Crippen molar-refractivity contribution in [2.75, 3.05) is 39.8 Å². The summed E-state index contributed by atoms with van der Waals surface area (Å²) in [5, 5.41) is 3.26. The summed E-state index contributed by atoms with van der Waals surface area (Å²) in [5.74, 6) is 1.05. The van der Waals surface area contributed by atoms with Gasteiger partial charge in [-0.05, 0) is 49.2 Å². The third kappa shape index (κ3) is 4.78. The number of nitrogens with zero attached hydrogens (tertiary/aromatic N) is 1. The number of hydrogen-bond acceptors (Lipinski definition) is 5. The second-order valence-corrected chi connectivity index (χ2v) is 7.86. The average molecular weight is 395 g/mol. The van der Waals surface area contributed by atoms with Crippen molar-refractivity contribution >= 4 is 5.91 Å². The standard InChI is InChI=1S/C23H30N4O2/c1-29-22-13-18(9-10-20(22)19-14-24-25-15-19)23(28)26-21(16-27-11-5-6-12-27)17-7-3-2-4-8-17/h2-4,7-10,13,19,21,24-25H,5-6,11-12,14-16H2,1H3,(H,26,28). The molecule has 6 heteroatoms. The van der Waals surface area contributed by atoms with E-state index in [1.807, 2.05) is 36.4 Å². The van der Waals surface area contributed by atoms with E-state index < -0.39 is 0 Å². The number of benzene rings is 2. The van der Waals surface area contributed by atoms with Crippen molar-refractivity contribution in [2.24, 2.45) is 0 Å². The lowest BCUT2D eigenvalue weighted by atomic mass is 9.97. The number of hydrogen-bond donors (Lipinski definition) is 3. The Morgan fingerprint density at radius 3 is 2.55 bits per heavy atom. The third-order valence-corrected chi connectivity index (χ3v) is 5.90. The van der Waals surface area contributed by atoms with E-state index in [1.54, 1.807) is 7.11 Å². The van der Waals surface area contributed by atoms with E-state index in [4.69, 9.17) is 4.74 Å². The number of rotatable bonds is 7. The van der Waals surface area contributed by atoms with Crippen LogP contribution in [0.3, 0.4) is 0 Å². The largest absolute Gasteiger partial charge is 0.496 e. The molecule has 2 saturated heterocycles. The van der Waals surface area contributed by atoms with Crippen LogP contribution in [-0.4, -0.2) is 50.6 Å². The fourth-order valence-electron chi connectivity index (χ4n) is 4.26. The van der Waals surface area contributed by atoms with Crippen LogP contribution >= 0.6 is 0 Å². The molecular formula is C23H30N4O2. The number of hydrazine groups is 1. The highest BCUT2D eigenvalue weighted by Crippen LogP contribution is 2.29. The summed E-state index contributed by atoms with van der Waals surface area (Å²) in [6.07, 6.45) is 2.47. The average Bonchev–Trinajstić information content (AvgIpc) is 3.48. The molecule has 0 bridgehead atoms. The predicted octanol–water partition coefficient (Wildman–Crippen LogP) is 2.45. The van der Waals surface area contributed by atoms with E-state index in [0.717, 1.165) is 49.6 Å². The van der Waals surface area contributed by atoms with Crippen LogP contribution in [-0.2, 0) is 0 Å². The van der Waals surface area contributed by atoms with Gasteiger partial charge in [-0.2, -0.15) is 0 Å². The molecule has 0 saturated carbocycles. The minimum absolute atomic E-state index is 0.0318. The molecule has 3 N–H and O–H groups in total. The molecule has 0 radical (unpaired) electrons. The molecule has 1 amide bonds. The zero-order chi connectivity index (χ0) is 20.1. The van der Waals surface area contributed by atoms with Crippen LogP contribution in [0.25, 0.3) is 0 Å². The fraction of sp³-hybridized carbons (Fsp3) is 0.435. The summed E-state index contributed by atoms with van der Waals surface area (Å²) < 4.78 is 5.60. The Balaban J connectivity index is 1.52. The molecule has 2 aromatic carbocycles. The molecule has 2 aliphatic heterocycles. The van der Waals surface area contributed by atoms with Crippen molar-refractivity contribution in [3.05, 3.63) is 65.2 Å². The summed E-state index contributed by atoms with van der Waals surface area (Å²) in [6.45, 7) is 4.75. The molecule has 2 aromatic rings. The highest BCUT2D eigenvalue weighted by Gasteiger charge is 2.24. The number of amides is 1. The lowest BCUT2D eigenvalue weighted by molar-refractivity contribution is 0.0927. The first-order valence-electron chi connectivity index (χ1n) is 10.5. The van der Waals surface area contributed by atoms with E-state index in [9.17, 15) is 4.79 Å². The Bertz CT molecular complexity index is 815. The Morgan fingerprint density at radius 2 is 1.86 bits per heavy atom. The molecule has 1 atom stereocenters. The lowest BCUT2D eigenvalue weighted by Crippen LogP contribution is -2.37. The molecule has 4 rings (SSSR count). The molecule has 2 fully saturated rings. The summed E-state index contributed by atoms with van der Waals surface area (Å²) in [4.78, 5) is 15.5. The van der Waals surface area contributed by atoms with Gasteiger partial charge in [0.05, 0.1) is 13.2 Å². The van der Waals surface area contributed by atoms with E-state index >= 15 is 0 Å². The molecule has 2 heterocycles. The third-order valence-electron chi connectivity index (χ3n) is 5.90. The normalized spacial score (nSPS) is 18.7. The Morgan fingerprint density at radius 1 is 1.14 bits per heavy atom. The minimum Gasteiger partial charge on any atom is -0.496 e. The number of carbonyl (C=O) groups excluding carboxylic acids is 1. The van der Waals surface area contributed by atoms with Crippen molar-refractivity contribution in [1.82, 2.24) is 21.1 Å². The highest BCUT2D eigenvalue weighted by molar-refractivity contribution is 5.95. The van der Waals surface area contributed by atoms with Crippen LogP contribution in [0.15, 0.2) is 48.5 Å². The second kappa shape index (κ2) is 9.39. The van der Waals surface area contributed by atoms with Gasteiger partial charge in [-0.25, -0.2) is 0 Å². The van der Waals surface area contributed by atoms with Gasteiger partial charge in [0.25, 0.3) is 5.91 Å². The quantitative estimate of drug-likeness (QED) is 0.673. The molecule has 1 unspecified atom stereocenters. The summed E-state index contributed by atoms with van der Waals surface area (Å²) in [7, 11) is 1.66. The van der Waals surface area contributed by atoms with E-state index in [2.05, 4.69) is 33.2 Å². The number of carbonyl (C=O) groups is 1. The number of nitrogens with one attached hydrogen (secondary N) is 3. The Kier molecular flexibility index (Phi) is 6.44. The van der Waals surface area contributed by atoms with Gasteiger partial charge in [-0.15, -0.1) is 0 Å². The van der Waals surface area contributed by atoms with Gasteiger partial charge in [0.2, 0.25) is 0 Å². The van der Waals surface area contributed by atoms with Crippen LogP contribution in [0.1, 0.15) is 46.3 Å². The molecule has 0 spiro atoms. The maximum absolute atomic E-state index is 13.1. The highest BCUT2D eigenvalue weighted by atomic mass is 16.5. The lowest BCUT2D eigenvalue weighted by Gasteiger charge is -2.25. The second-order valence-electron chi connectivity index (χ2n) is 7.86. The van der Waals surface area contributed by atoms with Crippen LogP contribution < -0.4 is 20.9 Å². The molecule has 2 aliphatic rings. The topological polar surface area (TPSA) is 65.6 Å². The van der Waals surface area contributed by atoms with Gasteiger partial charge in [-0.3, -0.25) is 15.6 Å². The van der Waals surface area contributed by atoms with Gasteiger partial charge in [0.1, 0.15) is 5.75 Å². The van der Waals surface area contributed by atoms with Crippen LogP contribution in [0.4, 0.5) is 0 Å². The summed E-state index contributed by atoms with van der Waals surface area (Å²) in [5.41, 5.74) is 9.19. The van der Waals surface area contributed by atoms with Crippen LogP contribution in [0.2, 0.25) is 0 Å². The summed E-state index contributed by atoms with van der Waals surface area (Å²) >= 11 is 0. The van der Waals surface area contributed by atoms with Crippen molar-refractivity contribution in [3.8, 4) is 5.75 Å². The zero-order valence-corrected chi connectivity index (χ0v) is 17.0. The Labute approximate surface area is 172 Å². The molecule has 0 aromatic heterocycles. The van der Waals surface area contributed by atoms with Gasteiger partial charge in [-0.1, -0.05) is 36.4 Å². The fourth-order valence-corrected chi connectivity index (χ4v) is 4.26. The number of ether oxygens (including phenoxy) is 1. The maximum Gasteiger partial charge on any atom is 0.251 e. The monoisotopic (exact) mass is 394 g/mol. The first kappa shape index (κ1) is 19.9.